The highest BCUT2D eigenvalue weighted by Crippen LogP contribution is 2.31. The van der Waals surface area contributed by atoms with Crippen LogP contribution >= 0.6 is 11.6 Å². The zero-order valence-corrected chi connectivity index (χ0v) is 25.9. The average Bonchev–Trinajstić information content (AvgIpc) is 3.00. The van der Waals surface area contributed by atoms with Crippen molar-refractivity contribution in [1.29, 1.82) is 0 Å². The first-order valence-corrected chi connectivity index (χ1v) is 16.6. The van der Waals surface area contributed by atoms with Gasteiger partial charge in [-0.15, -0.1) is 0 Å². The van der Waals surface area contributed by atoms with Gasteiger partial charge in [0.15, 0.2) is 0 Å². The molecular weight excluding hydrogens is 602 g/mol. The maximum absolute atomic E-state index is 13.5. The zero-order valence-electron chi connectivity index (χ0n) is 23.5. The van der Waals surface area contributed by atoms with Crippen LogP contribution in [0.4, 0.5) is 5.69 Å². The summed E-state index contributed by atoms with van der Waals surface area (Å²) < 4.78 is 62.6. The number of halogens is 1. The van der Waals surface area contributed by atoms with Crippen LogP contribution in [-0.2, 0) is 31.3 Å². The summed E-state index contributed by atoms with van der Waals surface area (Å²) in [6.45, 7) is 3.52. The average molecular weight is 636 g/mol. The number of nitrogens with zero attached hydrogens (tertiary/aromatic N) is 2. The molecule has 1 aliphatic rings. The molecule has 0 bridgehead atoms. The molecule has 3 aromatic rings. The van der Waals surface area contributed by atoms with Gasteiger partial charge >= 0.3 is 0 Å². The number of aliphatic hydroxyl groups excluding tert-OH is 1. The molecule has 1 amide bonds. The second-order valence-electron chi connectivity index (χ2n) is 10.4. The van der Waals surface area contributed by atoms with Crippen LogP contribution in [0.1, 0.15) is 19.4 Å². The lowest BCUT2D eigenvalue weighted by molar-refractivity contribution is -0.134. The molecule has 3 atom stereocenters. The number of amides is 1. The van der Waals surface area contributed by atoms with Crippen LogP contribution in [0.25, 0.3) is 0 Å². The number of likely N-dealkylation sites (N-methyl/N-ethyl adjacent to an activating group) is 1. The quantitative estimate of drug-likeness (QED) is 0.367. The van der Waals surface area contributed by atoms with Crippen molar-refractivity contribution in [1.82, 2.24) is 9.21 Å². The van der Waals surface area contributed by atoms with Gasteiger partial charge in [0, 0.05) is 35.8 Å². The normalized spacial score (nSPS) is 18.8. The molecule has 3 aromatic carbocycles. The lowest BCUT2D eigenvalue weighted by Gasteiger charge is -2.33. The van der Waals surface area contributed by atoms with Gasteiger partial charge in [-0.05, 0) is 61.5 Å². The van der Waals surface area contributed by atoms with E-state index in [0.29, 0.717) is 16.3 Å². The van der Waals surface area contributed by atoms with Crippen molar-refractivity contribution < 1.29 is 31.5 Å². The highest BCUT2D eigenvalue weighted by atomic mass is 35.5. The Balaban J connectivity index is 1.68. The van der Waals surface area contributed by atoms with E-state index in [4.69, 9.17) is 16.3 Å². The molecule has 0 aromatic heterocycles. The minimum absolute atomic E-state index is 0.0156. The molecule has 0 radical (unpaired) electrons. The van der Waals surface area contributed by atoms with Gasteiger partial charge in [0.2, 0.25) is 15.9 Å². The fourth-order valence-electron chi connectivity index (χ4n) is 4.66. The predicted octanol–water partition coefficient (Wildman–Crippen LogP) is 3.61. The highest BCUT2D eigenvalue weighted by Gasteiger charge is 2.33. The molecule has 0 spiro atoms. The molecule has 0 aliphatic carbocycles. The minimum atomic E-state index is -3.95. The Morgan fingerprint density at radius 2 is 1.71 bits per heavy atom. The van der Waals surface area contributed by atoms with E-state index < -0.39 is 32.2 Å². The lowest BCUT2D eigenvalue weighted by atomic mass is 10.0. The fraction of sp³-hybridized carbons (Fsp3) is 0.345. The summed E-state index contributed by atoms with van der Waals surface area (Å²) in [7, 11) is -6.30. The first-order chi connectivity index (χ1) is 19.8. The summed E-state index contributed by atoms with van der Waals surface area (Å²) >= 11 is 5.89. The van der Waals surface area contributed by atoms with E-state index in [1.54, 1.807) is 36.1 Å². The fourth-order valence-corrected chi connectivity index (χ4v) is 7.04. The third-order valence-electron chi connectivity index (χ3n) is 7.18. The molecule has 0 unspecified atom stereocenters. The summed E-state index contributed by atoms with van der Waals surface area (Å²) in [5.41, 5.74) is 0.633. The SMILES string of the molecule is C[C@H](CO)N1C[C@H](C)[C@H](CN(C)S(=O)(=O)c2ccccc2)Oc2ccc(NS(=O)(=O)c3ccc(Cl)cc3)cc2CC1=O. The molecule has 13 heteroatoms. The maximum Gasteiger partial charge on any atom is 0.261 e. The number of hydrogen-bond acceptors (Lipinski definition) is 7. The number of aliphatic hydroxyl groups is 1. The van der Waals surface area contributed by atoms with Crippen molar-refractivity contribution in [2.45, 2.75) is 42.2 Å². The van der Waals surface area contributed by atoms with Crippen LogP contribution in [0.3, 0.4) is 0 Å². The first kappa shape index (κ1) is 31.8. The van der Waals surface area contributed by atoms with Crippen molar-refractivity contribution in [2.24, 2.45) is 5.92 Å². The van der Waals surface area contributed by atoms with E-state index in [0.717, 1.165) is 0 Å². The Bertz CT molecular complexity index is 1620. The second kappa shape index (κ2) is 13.0. The molecule has 10 nitrogen and oxygen atoms in total. The van der Waals surface area contributed by atoms with E-state index >= 15 is 0 Å². The van der Waals surface area contributed by atoms with Crippen molar-refractivity contribution in [2.75, 3.05) is 31.5 Å². The number of carbonyl (C=O) groups is 1. The number of nitrogens with one attached hydrogen (secondary N) is 1. The van der Waals surface area contributed by atoms with Crippen molar-refractivity contribution in [3.63, 3.8) is 0 Å². The van der Waals surface area contributed by atoms with Gasteiger partial charge in [-0.1, -0.05) is 36.7 Å². The summed E-state index contributed by atoms with van der Waals surface area (Å²) in [4.78, 5) is 15.2. The van der Waals surface area contributed by atoms with Crippen LogP contribution in [0.2, 0.25) is 5.02 Å². The van der Waals surface area contributed by atoms with Gasteiger partial charge in [0.05, 0.1) is 35.4 Å². The summed E-state index contributed by atoms with van der Waals surface area (Å²) in [5, 5.41) is 10.3. The van der Waals surface area contributed by atoms with Crippen LogP contribution in [0.5, 0.6) is 5.75 Å². The maximum atomic E-state index is 13.5. The van der Waals surface area contributed by atoms with Gasteiger partial charge < -0.3 is 14.7 Å². The highest BCUT2D eigenvalue weighted by molar-refractivity contribution is 7.92. The van der Waals surface area contributed by atoms with Gasteiger partial charge in [0.1, 0.15) is 11.9 Å². The van der Waals surface area contributed by atoms with Crippen molar-refractivity contribution in [3.8, 4) is 5.75 Å². The molecule has 2 N–H and O–H groups in total. The largest absolute Gasteiger partial charge is 0.488 e. The summed E-state index contributed by atoms with van der Waals surface area (Å²) in [6.07, 6.45) is -0.795. The molecule has 226 valence electrons. The molecule has 0 saturated carbocycles. The Morgan fingerprint density at radius 1 is 1.05 bits per heavy atom. The summed E-state index contributed by atoms with van der Waals surface area (Å²) in [5.74, 6) is -0.277. The third-order valence-corrected chi connectivity index (χ3v) is 10.7. The molecule has 0 saturated heterocycles. The number of hydrogen-bond donors (Lipinski definition) is 2. The third kappa shape index (κ3) is 7.24. The Kier molecular flexibility index (Phi) is 9.84. The van der Waals surface area contributed by atoms with Gasteiger partial charge in [0.25, 0.3) is 10.0 Å². The first-order valence-electron chi connectivity index (χ1n) is 13.3. The van der Waals surface area contributed by atoms with Crippen LogP contribution in [0, 0.1) is 5.92 Å². The van der Waals surface area contributed by atoms with Crippen LogP contribution < -0.4 is 9.46 Å². The second-order valence-corrected chi connectivity index (χ2v) is 14.5. The minimum Gasteiger partial charge on any atom is -0.488 e. The van der Waals surface area contributed by atoms with Gasteiger partial charge in [-0.3, -0.25) is 9.52 Å². The molecule has 4 rings (SSSR count). The van der Waals surface area contributed by atoms with Crippen LogP contribution in [-0.4, -0.2) is 75.9 Å². The lowest BCUT2D eigenvalue weighted by Crippen LogP contribution is -2.48. The van der Waals surface area contributed by atoms with E-state index in [2.05, 4.69) is 4.72 Å². The van der Waals surface area contributed by atoms with E-state index in [1.807, 2.05) is 6.92 Å². The van der Waals surface area contributed by atoms with Gasteiger partial charge in [-0.25, -0.2) is 16.8 Å². The Morgan fingerprint density at radius 3 is 2.36 bits per heavy atom. The topological polar surface area (TPSA) is 133 Å². The number of carbonyl (C=O) groups excluding carboxylic acids is 1. The molecule has 1 aliphatic heterocycles. The number of benzene rings is 3. The molecule has 0 fully saturated rings. The Labute approximate surface area is 252 Å². The van der Waals surface area contributed by atoms with Crippen molar-refractivity contribution in [3.05, 3.63) is 83.4 Å². The smallest absolute Gasteiger partial charge is 0.261 e. The number of anilines is 1. The Hall–Kier alpha value is -3.16. The van der Waals surface area contributed by atoms with E-state index in [1.165, 1.54) is 59.9 Å². The van der Waals surface area contributed by atoms with E-state index in [-0.39, 0.29) is 53.4 Å². The predicted molar refractivity (Wildman–Crippen MR) is 161 cm³/mol. The van der Waals surface area contributed by atoms with Gasteiger partial charge in [-0.2, -0.15) is 4.31 Å². The van der Waals surface area contributed by atoms with E-state index in [9.17, 15) is 26.7 Å². The standard InChI is InChI=1S/C29H34ClN3O7S2/c1-20-17-33(21(2)19-34)29(35)16-22-15-24(31-41(36,37)25-12-9-23(30)10-13-25)11-14-27(22)40-28(20)18-32(3)42(38,39)26-7-5-4-6-8-26/h4-15,20-21,28,31,34H,16-19H2,1-3H3/t20-,21+,28-/m0/s1. The number of fused-ring (bicyclic) bond motifs is 1. The molecular formula is C29H34ClN3O7S2. The van der Waals surface area contributed by atoms with Crippen LogP contribution in [0.15, 0.2) is 82.6 Å². The summed E-state index contributed by atoms with van der Waals surface area (Å²) in [6, 6.07) is 17.9. The number of rotatable bonds is 9. The molecule has 42 heavy (non-hydrogen) atoms. The zero-order chi connectivity index (χ0) is 30.7. The number of ether oxygens (including phenoxy) is 1. The number of sulfonamides is 2. The molecule has 1 heterocycles. The van der Waals surface area contributed by atoms with Crippen molar-refractivity contribution >= 4 is 43.2 Å². The monoisotopic (exact) mass is 635 g/mol.